The normalized spacial score (nSPS) is 14.9. The first kappa shape index (κ1) is 19.4. The van der Waals surface area contributed by atoms with Crippen molar-refractivity contribution in [2.45, 2.75) is 6.54 Å². The van der Waals surface area contributed by atoms with Gasteiger partial charge in [0, 0.05) is 56.9 Å². The first-order chi connectivity index (χ1) is 13.1. The number of methoxy groups -OCH3 is 2. The number of para-hydroxylation sites is 1. The van der Waals surface area contributed by atoms with Crippen molar-refractivity contribution >= 4 is 22.4 Å². The number of hydrogen-bond acceptors (Lipinski definition) is 7. The number of rotatable bonds is 7. The number of likely N-dealkylation sites (N-methyl/N-ethyl adjacent to an activating group) is 1. The van der Waals surface area contributed by atoms with Crippen LogP contribution >= 0.6 is 11.3 Å². The van der Waals surface area contributed by atoms with E-state index in [-0.39, 0.29) is 5.91 Å². The zero-order valence-electron chi connectivity index (χ0n) is 16.1. The van der Waals surface area contributed by atoms with E-state index < -0.39 is 0 Å². The van der Waals surface area contributed by atoms with Crippen LogP contribution in [0.25, 0.3) is 0 Å². The second-order valence-corrected chi connectivity index (χ2v) is 7.35. The molecule has 146 valence electrons. The van der Waals surface area contributed by atoms with E-state index in [0.717, 1.165) is 36.9 Å². The quantitative estimate of drug-likeness (QED) is 0.720. The van der Waals surface area contributed by atoms with Crippen molar-refractivity contribution in [2.75, 3.05) is 58.9 Å². The molecular weight excluding hydrogens is 364 g/mol. The molecule has 0 atom stereocenters. The molecule has 1 aromatic heterocycles. The fourth-order valence-corrected chi connectivity index (χ4v) is 3.90. The summed E-state index contributed by atoms with van der Waals surface area (Å²) in [6, 6.07) is 5.72. The van der Waals surface area contributed by atoms with E-state index in [1.807, 2.05) is 36.8 Å². The van der Waals surface area contributed by atoms with E-state index in [0.29, 0.717) is 24.6 Å². The predicted octanol–water partition coefficient (Wildman–Crippen LogP) is 1.94. The van der Waals surface area contributed by atoms with E-state index in [9.17, 15) is 4.79 Å². The van der Waals surface area contributed by atoms with Crippen molar-refractivity contribution in [3.05, 3.63) is 35.3 Å². The number of thiazole rings is 1. The maximum absolute atomic E-state index is 12.7. The van der Waals surface area contributed by atoms with E-state index in [2.05, 4.69) is 14.8 Å². The Kier molecular flexibility index (Phi) is 6.52. The third kappa shape index (κ3) is 4.70. The fraction of sp³-hybridized carbons (Fsp3) is 0.474. The summed E-state index contributed by atoms with van der Waals surface area (Å²) in [5.41, 5.74) is 0.932. The molecule has 3 rings (SSSR count). The molecule has 27 heavy (non-hydrogen) atoms. The summed E-state index contributed by atoms with van der Waals surface area (Å²) in [5.74, 6) is 1.45. The monoisotopic (exact) mass is 390 g/mol. The number of carbonyl (C=O) groups excluding carboxylic acids is 1. The van der Waals surface area contributed by atoms with E-state index in [4.69, 9.17) is 9.47 Å². The minimum Gasteiger partial charge on any atom is -0.493 e. The molecule has 1 aliphatic rings. The van der Waals surface area contributed by atoms with Gasteiger partial charge in [-0.3, -0.25) is 9.69 Å². The number of ether oxygens (including phenoxy) is 2. The number of piperazine rings is 1. The van der Waals surface area contributed by atoms with Gasteiger partial charge in [0.05, 0.1) is 20.8 Å². The number of amides is 1. The maximum Gasteiger partial charge on any atom is 0.236 e. The third-order valence-corrected chi connectivity index (χ3v) is 5.57. The highest BCUT2D eigenvalue weighted by atomic mass is 32.1. The highest BCUT2D eigenvalue weighted by molar-refractivity contribution is 7.13. The van der Waals surface area contributed by atoms with Crippen LogP contribution in [0.4, 0.5) is 5.13 Å². The molecule has 1 saturated heterocycles. The Labute approximate surface area is 164 Å². The molecule has 0 aliphatic carbocycles. The van der Waals surface area contributed by atoms with Crippen molar-refractivity contribution in [3.8, 4) is 11.5 Å². The van der Waals surface area contributed by atoms with Crippen molar-refractivity contribution in [1.82, 2.24) is 14.8 Å². The van der Waals surface area contributed by atoms with Crippen LogP contribution in [-0.2, 0) is 11.3 Å². The molecular formula is C19H26N4O3S. The van der Waals surface area contributed by atoms with Gasteiger partial charge in [-0.1, -0.05) is 12.1 Å². The lowest BCUT2D eigenvalue weighted by molar-refractivity contribution is -0.131. The third-order valence-electron chi connectivity index (χ3n) is 4.74. The zero-order valence-corrected chi connectivity index (χ0v) is 16.9. The summed E-state index contributed by atoms with van der Waals surface area (Å²) in [7, 11) is 5.06. The molecule has 0 spiro atoms. The summed E-state index contributed by atoms with van der Waals surface area (Å²) in [6.45, 7) is 4.43. The Morgan fingerprint density at radius 3 is 2.63 bits per heavy atom. The second-order valence-electron chi connectivity index (χ2n) is 6.48. The molecule has 1 amide bonds. The lowest BCUT2D eigenvalue weighted by atomic mass is 10.1. The molecule has 0 unspecified atom stereocenters. The smallest absolute Gasteiger partial charge is 0.236 e. The molecule has 1 aromatic carbocycles. The molecule has 7 nitrogen and oxygen atoms in total. The number of benzene rings is 1. The topological polar surface area (TPSA) is 58.1 Å². The molecule has 8 heteroatoms. The van der Waals surface area contributed by atoms with Crippen molar-refractivity contribution in [1.29, 1.82) is 0 Å². The first-order valence-corrected chi connectivity index (χ1v) is 9.81. The molecule has 0 bridgehead atoms. The lowest BCUT2D eigenvalue weighted by Gasteiger charge is -2.34. The van der Waals surface area contributed by atoms with Crippen LogP contribution in [0.1, 0.15) is 5.56 Å². The summed E-state index contributed by atoms with van der Waals surface area (Å²) < 4.78 is 10.8. The molecule has 0 N–H and O–H groups in total. The number of aromatic nitrogens is 1. The summed E-state index contributed by atoms with van der Waals surface area (Å²) in [5, 5.41) is 3.05. The highest BCUT2D eigenvalue weighted by Crippen LogP contribution is 2.31. The molecule has 1 aliphatic heterocycles. The minimum atomic E-state index is 0.0996. The van der Waals surface area contributed by atoms with Crippen molar-refractivity contribution < 1.29 is 14.3 Å². The Balaban J connectivity index is 1.53. The zero-order chi connectivity index (χ0) is 19.2. The Bertz CT molecular complexity index is 745. The van der Waals surface area contributed by atoms with Gasteiger partial charge in [0.1, 0.15) is 0 Å². The Hall–Kier alpha value is -2.32. The largest absolute Gasteiger partial charge is 0.493 e. The van der Waals surface area contributed by atoms with Crippen LogP contribution in [0, 0.1) is 0 Å². The van der Waals surface area contributed by atoms with Crippen LogP contribution in [-0.4, -0.2) is 74.7 Å². The van der Waals surface area contributed by atoms with Gasteiger partial charge in [-0.25, -0.2) is 4.98 Å². The summed E-state index contributed by atoms with van der Waals surface area (Å²) in [4.78, 5) is 23.2. The van der Waals surface area contributed by atoms with Crippen LogP contribution in [0.3, 0.4) is 0 Å². The Morgan fingerprint density at radius 2 is 2.00 bits per heavy atom. The van der Waals surface area contributed by atoms with Crippen LogP contribution in [0.5, 0.6) is 11.5 Å². The second kappa shape index (κ2) is 9.05. The van der Waals surface area contributed by atoms with Gasteiger partial charge >= 0.3 is 0 Å². The van der Waals surface area contributed by atoms with Gasteiger partial charge in [-0.05, 0) is 6.07 Å². The van der Waals surface area contributed by atoms with E-state index in [1.165, 1.54) is 0 Å². The molecule has 0 saturated carbocycles. The summed E-state index contributed by atoms with van der Waals surface area (Å²) in [6.07, 6.45) is 1.83. The van der Waals surface area contributed by atoms with Gasteiger partial charge in [0.15, 0.2) is 16.6 Å². The number of nitrogens with zero attached hydrogens (tertiary/aromatic N) is 4. The van der Waals surface area contributed by atoms with E-state index in [1.54, 1.807) is 30.5 Å². The molecule has 2 heterocycles. The number of carbonyl (C=O) groups is 1. The van der Waals surface area contributed by atoms with Crippen molar-refractivity contribution in [2.24, 2.45) is 0 Å². The number of hydrogen-bond donors (Lipinski definition) is 0. The van der Waals surface area contributed by atoms with Crippen LogP contribution in [0.15, 0.2) is 29.8 Å². The average molecular weight is 391 g/mol. The van der Waals surface area contributed by atoms with E-state index >= 15 is 0 Å². The van der Waals surface area contributed by atoms with Gasteiger partial charge in [0.2, 0.25) is 5.91 Å². The minimum absolute atomic E-state index is 0.0996. The van der Waals surface area contributed by atoms with Gasteiger partial charge in [-0.15, -0.1) is 11.3 Å². The van der Waals surface area contributed by atoms with Crippen molar-refractivity contribution in [3.63, 3.8) is 0 Å². The highest BCUT2D eigenvalue weighted by Gasteiger charge is 2.22. The molecule has 1 fully saturated rings. The lowest BCUT2D eigenvalue weighted by Crippen LogP contribution is -2.49. The van der Waals surface area contributed by atoms with Gasteiger partial charge < -0.3 is 19.3 Å². The average Bonchev–Trinajstić information content (AvgIpc) is 3.23. The maximum atomic E-state index is 12.7. The molecule has 2 aromatic rings. The van der Waals surface area contributed by atoms with Gasteiger partial charge in [-0.2, -0.15) is 0 Å². The molecule has 0 radical (unpaired) electrons. The van der Waals surface area contributed by atoms with Crippen LogP contribution < -0.4 is 14.4 Å². The van der Waals surface area contributed by atoms with Gasteiger partial charge in [0.25, 0.3) is 0 Å². The predicted molar refractivity (Wildman–Crippen MR) is 107 cm³/mol. The Morgan fingerprint density at radius 1 is 1.22 bits per heavy atom. The number of anilines is 1. The first-order valence-electron chi connectivity index (χ1n) is 8.93. The standard InChI is InChI=1S/C19H26N4O3S/c1-21(13-15-5-4-6-16(25-2)18(15)26-3)17(24)14-22-8-10-23(11-9-22)19-20-7-12-27-19/h4-7,12H,8-11,13-14H2,1-3H3. The van der Waals surface area contributed by atoms with Crippen LogP contribution in [0.2, 0.25) is 0 Å². The fourth-order valence-electron chi connectivity index (χ4n) is 3.20. The SMILES string of the molecule is COc1cccc(CN(C)C(=O)CN2CCN(c3nccs3)CC2)c1OC. The summed E-state index contributed by atoms with van der Waals surface area (Å²) >= 11 is 1.66.